The zero-order valence-corrected chi connectivity index (χ0v) is 8.91. The molecule has 4 heteroatoms. The van der Waals surface area contributed by atoms with Crippen LogP contribution in [-0.2, 0) is 19.1 Å². The van der Waals surface area contributed by atoms with E-state index in [9.17, 15) is 14.4 Å². The number of Topliss-reactive ketones (excluding diaryl/α,β-unsaturated/α-hetero) is 1. The first-order valence-corrected chi connectivity index (χ1v) is 6.51. The number of cyclic esters (lactones) is 2. The Bertz CT molecular complexity index is 486. The monoisotopic (exact) mass is 230 g/mol. The summed E-state index contributed by atoms with van der Waals surface area (Å²) in [5.41, 5.74) is 0. The van der Waals surface area contributed by atoms with Gasteiger partial charge in [0, 0.05) is 11.8 Å². The summed E-state index contributed by atoms with van der Waals surface area (Å²) in [5, 5.41) is 0. The van der Waals surface area contributed by atoms with Crippen LogP contribution in [0, 0.1) is 59.2 Å². The molecular formula is C13H10O4. The molecule has 6 unspecified atom stereocenters. The molecule has 0 N–H and O–H groups in total. The van der Waals surface area contributed by atoms with Crippen LogP contribution < -0.4 is 0 Å². The molecule has 0 amide bonds. The molecule has 8 fully saturated rings. The molecule has 8 aliphatic rings. The maximum absolute atomic E-state index is 12.0. The van der Waals surface area contributed by atoms with Crippen molar-refractivity contribution in [3.8, 4) is 0 Å². The van der Waals surface area contributed by atoms with Gasteiger partial charge in [0.1, 0.15) is 5.78 Å². The first kappa shape index (κ1) is 8.01. The molecule has 1 aliphatic heterocycles. The fourth-order valence-electron chi connectivity index (χ4n) is 6.48. The van der Waals surface area contributed by atoms with Crippen molar-refractivity contribution in [2.45, 2.75) is 0 Å². The lowest BCUT2D eigenvalue weighted by Crippen LogP contribution is -2.45. The summed E-state index contributed by atoms with van der Waals surface area (Å²) in [4.78, 5) is 35.7. The van der Waals surface area contributed by atoms with Crippen molar-refractivity contribution in [2.24, 2.45) is 59.2 Å². The fraction of sp³-hybridized carbons (Fsp3) is 0.769. The van der Waals surface area contributed by atoms with E-state index >= 15 is 0 Å². The molecule has 8 bridgehead atoms. The Morgan fingerprint density at radius 3 is 1.35 bits per heavy atom. The van der Waals surface area contributed by atoms with E-state index in [-0.39, 0.29) is 35.6 Å². The average Bonchev–Trinajstić information content (AvgIpc) is 3.17. The highest BCUT2D eigenvalue weighted by atomic mass is 16.6. The quantitative estimate of drug-likeness (QED) is 0.429. The molecule has 17 heavy (non-hydrogen) atoms. The van der Waals surface area contributed by atoms with Gasteiger partial charge in [0.05, 0.1) is 11.8 Å². The highest BCUT2D eigenvalue weighted by Gasteiger charge is 2.89. The summed E-state index contributed by atoms with van der Waals surface area (Å²) in [6, 6.07) is 0. The number of carbonyl (C=O) groups is 3. The van der Waals surface area contributed by atoms with Gasteiger partial charge in [-0.2, -0.15) is 0 Å². The van der Waals surface area contributed by atoms with Crippen LogP contribution in [0.1, 0.15) is 0 Å². The van der Waals surface area contributed by atoms with Gasteiger partial charge in [-0.15, -0.1) is 0 Å². The van der Waals surface area contributed by atoms with Crippen LogP contribution in [0.3, 0.4) is 0 Å². The molecule has 6 atom stereocenters. The summed E-state index contributed by atoms with van der Waals surface area (Å²) in [5.74, 6) is 2.32. The normalized spacial score (nSPS) is 71.2. The van der Waals surface area contributed by atoms with E-state index < -0.39 is 0 Å². The summed E-state index contributed by atoms with van der Waals surface area (Å²) in [7, 11) is 0. The second-order valence-corrected chi connectivity index (χ2v) is 6.71. The van der Waals surface area contributed by atoms with Gasteiger partial charge in [-0.1, -0.05) is 0 Å². The Morgan fingerprint density at radius 2 is 0.941 bits per heavy atom. The van der Waals surface area contributed by atoms with Gasteiger partial charge in [-0.3, -0.25) is 14.4 Å². The second-order valence-electron chi connectivity index (χ2n) is 6.71. The average molecular weight is 230 g/mol. The number of hydrogen-bond donors (Lipinski definition) is 0. The zero-order valence-electron chi connectivity index (χ0n) is 8.91. The molecule has 7 saturated carbocycles. The third-order valence-electron chi connectivity index (χ3n) is 6.66. The van der Waals surface area contributed by atoms with Gasteiger partial charge in [0.15, 0.2) is 0 Å². The molecule has 86 valence electrons. The molecule has 0 radical (unpaired) electrons. The molecule has 1 saturated heterocycles. The van der Waals surface area contributed by atoms with Crippen LogP contribution >= 0.6 is 0 Å². The van der Waals surface area contributed by atoms with Gasteiger partial charge in [-0.25, -0.2) is 0 Å². The molecule has 8 rings (SSSR count). The van der Waals surface area contributed by atoms with Gasteiger partial charge in [0.25, 0.3) is 0 Å². The van der Waals surface area contributed by atoms with E-state index in [0.717, 1.165) is 0 Å². The summed E-state index contributed by atoms with van der Waals surface area (Å²) < 4.78 is 4.84. The lowest BCUT2D eigenvalue weighted by Gasteiger charge is -2.40. The lowest BCUT2D eigenvalue weighted by atomic mass is 9.59. The topological polar surface area (TPSA) is 60.4 Å². The standard InChI is InChI=1S/C13H10O4/c14-11-7-1-2(7)6-4-3(8(4)11)5(1)9-10(6)13(16)17-12(9)15/h1-10H. The Morgan fingerprint density at radius 1 is 0.588 bits per heavy atom. The smallest absolute Gasteiger partial charge is 0.317 e. The number of hydrogen-bond acceptors (Lipinski definition) is 4. The first-order valence-electron chi connectivity index (χ1n) is 6.51. The highest BCUT2D eigenvalue weighted by molar-refractivity contribution is 6.01. The van der Waals surface area contributed by atoms with E-state index in [1.807, 2.05) is 0 Å². The number of carbonyl (C=O) groups excluding carboxylic acids is 3. The molecule has 4 nitrogen and oxygen atoms in total. The van der Waals surface area contributed by atoms with Crippen molar-refractivity contribution in [3.05, 3.63) is 0 Å². The van der Waals surface area contributed by atoms with Crippen LogP contribution in [0.4, 0.5) is 0 Å². The predicted molar refractivity (Wildman–Crippen MR) is 51.0 cm³/mol. The summed E-state index contributed by atoms with van der Waals surface area (Å²) in [6.07, 6.45) is 0. The summed E-state index contributed by atoms with van der Waals surface area (Å²) >= 11 is 0. The van der Waals surface area contributed by atoms with Gasteiger partial charge in [0.2, 0.25) is 0 Å². The minimum atomic E-state index is -0.294. The molecule has 7 aliphatic carbocycles. The van der Waals surface area contributed by atoms with Crippen LogP contribution in [0.25, 0.3) is 0 Å². The van der Waals surface area contributed by atoms with Crippen LogP contribution in [0.15, 0.2) is 0 Å². The molecular weight excluding hydrogens is 220 g/mol. The largest absolute Gasteiger partial charge is 0.393 e. The lowest BCUT2D eigenvalue weighted by molar-refractivity contribution is -0.154. The maximum atomic E-state index is 12.0. The third kappa shape index (κ3) is 0.544. The van der Waals surface area contributed by atoms with Crippen LogP contribution in [0.2, 0.25) is 0 Å². The van der Waals surface area contributed by atoms with Crippen LogP contribution in [0.5, 0.6) is 0 Å². The number of ether oxygens (including phenoxy) is 1. The van der Waals surface area contributed by atoms with E-state index in [2.05, 4.69) is 0 Å². The van der Waals surface area contributed by atoms with Crippen LogP contribution in [-0.4, -0.2) is 17.7 Å². The van der Waals surface area contributed by atoms with Crippen molar-refractivity contribution in [1.29, 1.82) is 0 Å². The number of esters is 2. The molecule has 0 aromatic rings. The number of rotatable bonds is 0. The third-order valence-corrected chi connectivity index (χ3v) is 6.66. The van der Waals surface area contributed by atoms with Gasteiger partial charge < -0.3 is 4.74 Å². The SMILES string of the molecule is O=C1OC(=O)C2C1C1C3C4C(=O)C5C1C5C2C43. The molecule has 0 spiro atoms. The minimum absolute atomic E-state index is 0.182. The number of ketones is 1. The highest BCUT2D eigenvalue weighted by Crippen LogP contribution is 2.86. The summed E-state index contributed by atoms with van der Waals surface area (Å²) in [6.45, 7) is 0. The molecule has 0 aromatic heterocycles. The van der Waals surface area contributed by atoms with Crippen molar-refractivity contribution >= 4 is 17.7 Å². The van der Waals surface area contributed by atoms with Crippen molar-refractivity contribution < 1.29 is 19.1 Å². The van der Waals surface area contributed by atoms with Crippen molar-refractivity contribution in [3.63, 3.8) is 0 Å². The van der Waals surface area contributed by atoms with Crippen molar-refractivity contribution in [1.82, 2.24) is 0 Å². The minimum Gasteiger partial charge on any atom is -0.393 e. The van der Waals surface area contributed by atoms with E-state index in [4.69, 9.17) is 4.74 Å². The second kappa shape index (κ2) is 1.88. The Balaban J connectivity index is 1.61. The van der Waals surface area contributed by atoms with Gasteiger partial charge in [-0.05, 0) is 35.5 Å². The van der Waals surface area contributed by atoms with E-state index in [1.165, 1.54) is 0 Å². The Labute approximate surface area is 96.7 Å². The zero-order chi connectivity index (χ0) is 11.2. The predicted octanol–water partition coefficient (Wildman–Crippen LogP) is -0.131. The van der Waals surface area contributed by atoms with Gasteiger partial charge >= 0.3 is 11.9 Å². The van der Waals surface area contributed by atoms with Crippen molar-refractivity contribution in [2.75, 3.05) is 0 Å². The molecule has 1 heterocycles. The van der Waals surface area contributed by atoms with E-state index in [0.29, 0.717) is 41.3 Å². The molecule has 0 aromatic carbocycles. The van der Waals surface area contributed by atoms with E-state index in [1.54, 1.807) is 0 Å². The Kier molecular flexibility index (Phi) is 0.883. The Hall–Kier alpha value is -1.19. The fourth-order valence-corrected chi connectivity index (χ4v) is 6.48. The first-order chi connectivity index (χ1) is 8.22. The maximum Gasteiger partial charge on any atom is 0.317 e.